The van der Waals surface area contributed by atoms with Gasteiger partial charge in [-0.25, -0.2) is 9.97 Å². The van der Waals surface area contributed by atoms with Gasteiger partial charge in [-0.1, -0.05) is 19.6 Å². The van der Waals surface area contributed by atoms with E-state index >= 15 is 0 Å². The number of hydrogen-bond donors (Lipinski definition) is 1. The Kier molecular flexibility index (Phi) is 2.08. The summed E-state index contributed by atoms with van der Waals surface area (Å²) in [5.41, 5.74) is 5.88. The van der Waals surface area contributed by atoms with E-state index in [0.717, 1.165) is 10.2 Å². The average Bonchev–Trinajstić information content (AvgIpc) is 2.47. The number of rotatable bonds is 1. The van der Waals surface area contributed by atoms with E-state index in [1.165, 1.54) is 11.5 Å². The van der Waals surface area contributed by atoms with Crippen LogP contribution in [0.2, 0.25) is 19.6 Å². The second-order valence-electron chi connectivity index (χ2n) is 4.34. The highest BCUT2D eigenvalue weighted by Crippen LogP contribution is 2.23. The third kappa shape index (κ3) is 1.42. The van der Waals surface area contributed by atoms with E-state index in [9.17, 15) is 0 Å². The maximum absolute atomic E-state index is 5.88. The van der Waals surface area contributed by atoms with Gasteiger partial charge in [0, 0.05) is 0 Å². The first-order chi connectivity index (χ1) is 6.50. The minimum absolute atomic E-state index is 0.619. The molecule has 2 aromatic rings. The predicted molar refractivity (Wildman–Crippen MR) is 64.8 cm³/mol. The Labute approximate surface area is 88.0 Å². The van der Waals surface area contributed by atoms with Gasteiger partial charge in [0.25, 0.3) is 0 Å². The van der Waals surface area contributed by atoms with Gasteiger partial charge in [-0.15, -0.1) is 11.3 Å². The lowest BCUT2D eigenvalue weighted by atomic mass is 10.4. The Morgan fingerprint density at radius 1 is 1.29 bits per heavy atom. The van der Waals surface area contributed by atoms with Crippen molar-refractivity contribution >= 4 is 40.6 Å². The molecule has 0 unspecified atom stereocenters. The van der Waals surface area contributed by atoms with E-state index in [1.54, 1.807) is 11.3 Å². The minimum atomic E-state index is -1.33. The van der Waals surface area contributed by atoms with Crippen molar-refractivity contribution < 1.29 is 0 Å². The summed E-state index contributed by atoms with van der Waals surface area (Å²) in [4.78, 5) is 9.28. The summed E-state index contributed by atoms with van der Waals surface area (Å²) in [5.74, 6) is 0.619. The fourth-order valence-electron chi connectivity index (χ4n) is 1.45. The molecule has 0 aromatic carbocycles. The van der Waals surface area contributed by atoms with Crippen molar-refractivity contribution in [1.29, 1.82) is 0 Å². The van der Waals surface area contributed by atoms with Crippen LogP contribution in [0.25, 0.3) is 10.2 Å². The molecule has 3 nitrogen and oxygen atoms in total. The fourth-order valence-corrected chi connectivity index (χ4v) is 4.92. The zero-order valence-corrected chi connectivity index (χ0v) is 10.4. The maximum Gasteiger partial charge on any atom is 0.135 e. The van der Waals surface area contributed by atoms with Crippen molar-refractivity contribution in [2.24, 2.45) is 0 Å². The minimum Gasteiger partial charge on any atom is -0.383 e. The number of aromatic nitrogens is 2. The summed E-state index contributed by atoms with van der Waals surface area (Å²) in [7, 11) is -1.33. The smallest absolute Gasteiger partial charge is 0.135 e. The number of anilines is 1. The molecule has 0 fully saturated rings. The zero-order valence-electron chi connectivity index (χ0n) is 8.53. The molecule has 5 heteroatoms. The van der Waals surface area contributed by atoms with Gasteiger partial charge < -0.3 is 5.73 Å². The van der Waals surface area contributed by atoms with E-state index in [4.69, 9.17) is 5.73 Å². The van der Waals surface area contributed by atoms with Gasteiger partial charge in [0.05, 0.1) is 13.5 Å². The maximum atomic E-state index is 5.88. The summed E-state index contributed by atoms with van der Waals surface area (Å²) in [6.45, 7) is 6.92. The molecule has 2 aromatic heterocycles. The van der Waals surface area contributed by atoms with Crippen LogP contribution in [-0.2, 0) is 0 Å². The molecule has 74 valence electrons. The molecule has 0 aliphatic heterocycles. The van der Waals surface area contributed by atoms with Crippen LogP contribution < -0.4 is 10.9 Å². The summed E-state index contributed by atoms with van der Waals surface area (Å²) in [6.07, 6.45) is 1.53. The number of thiophene rings is 1. The zero-order chi connectivity index (χ0) is 10.3. The number of nitrogens with two attached hydrogens (primary N) is 1. The number of hydrogen-bond acceptors (Lipinski definition) is 4. The lowest BCUT2D eigenvalue weighted by Gasteiger charge is -2.15. The second kappa shape index (κ2) is 3.03. The quantitative estimate of drug-likeness (QED) is 0.750. The molecule has 0 radical (unpaired) electrons. The highest BCUT2D eigenvalue weighted by Gasteiger charge is 2.22. The number of nitrogens with zero attached hydrogens (tertiary/aromatic N) is 2. The Morgan fingerprint density at radius 2 is 2.00 bits per heavy atom. The second-order valence-corrected chi connectivity index (χ2v) is 10.2. The van der Waals surface area contributed by atoms with Gasteiger partial charge in [0.1, 0.15) is 17.0 Å². The molecular weight excluding hydrogens is 210 g/mol. The van der Waals surface area contributed by atoms with E-state index in [1.807, 2.05) is 0 Å². The van der Waals surface area contributed by atoms with Gasteiger partial charge in [-0.2, -0.15) is 0 Å². The van der Waals surface area contributed by atoms with Crippen LogP contribution in [0.5, 0.6) is 0 Å². The Balaban J connectivity index is 2.80. The highest BCUT2D eigenvalue weighted by atomic mass is 32.1. The lowest BCUT2D eigenvalue weighted by Crippen LogP contribution is -2.37. The van der Waals surface area contributed by atoms with Crippen LogP contribution in [0.15, 0.2) is 11.7 Å². The first-order valence-corrected chi connectivity index (χ1v) is 8.86. The first kappa shape index (κ1) is 9.61. The molecule has 0 amide bonds. The average molecular weight is 223 g/mol. The molecule has 2 N–H and O–H groups in total. The van der Waals surface area contributed by atoms with Gasteiger partial charge in [0.2, 0.25) is 0 Å². The first-order valence-electron chi connectivity index (χ1n) is 4.48. The SMILES string of the molecule is C[Si](C)(C)c1csc2ncnc(N)c12. The molecule has 0 saturated heterocycles. The Morgan fingerprint density at radius 3 is 2.64 bits per heavy atom. The van der Waals surface area contributed by atoms with Crippen LogP contribution in [0, 0.1) is 0 Å². The van der Waals surface area contributed by atoms with Gasteiger partial charge >= 0.3 is 0 Å². The van der Waals surface area contributed by atoms with E-state index < -0.39 is 8.07 Å². The van der Waals surface area contributed by atoms with Gasteiger partial charge in [0.15, 0.2) is 0 Å². The van der Waals surface area contributed by atoms with Crippen molar-refractivity contribution in [1.82, 2.24) is 9.97 Å². The molecule has 0 aliphatic rings. The number of fused-ring (bicyclic) bond motifs is 1. The standard InChI is InChI=1S/C9H13N3SSi/c1-14(2,3)6-4-13-9-7(6)8(10)11-5-12-9/h4-5H,1-3H3,(H2,10,11,12). The highest BCUT2D eigenvalue weighted by molar-refractivity contribution is 7.19. The Hall–Kier alpha value is -0.943. The summed E-state index contributed by atoms with van der Waals surface area (Å²) in [5, 5.41) is 4.63. The molecular formula is C9H13N3SSi. The fraction of sp³-hybridized carbons (Fsp3) is 0.333. The molecule has 0 saturated carbocycles. The van der Waals surface area contributed by atoms with Crippen LogP contribution in [0.1, 0.15) is 0 Å². The van der Waals surface area contributed by atoms with Crippen LogP contribution in [0.4, 0.5) is 5.82 Å². The third-order valence-corrected chi connectivity index (χ3v) is 5.31. The molecule has 14 heavy (non-hydrogen) atoms. The van der Waals surface area contributed by atoms with Crippen LogP contribution in [-0.4, -0.2) is 18.0 Å². The normalized spacial score (nSPS) is 12.2. The van der Waals surface area contributed by atoms with Crippen molar-refractivity contribution in [3.8, 4) is 0 Å². The van der Waals surface area contributed by atoms with E-state index in [-0.39, 0.29) is 0 Å². The van der Waals surface area contributed by atoms with Crippen molar-refractivity contribution in [2.45, 2.75) is 19.6 Å². The van der Waals surface area contributed by atoms with Crippen LogP contribution in [0.3, 0.4) is 0 Å². The topological polar surface area (TPSA) is 51.8 Å². The van der Waals surface area contributed by atoms with Crippen LogP contribution >= 0.6 is 11.3 Å². The summed E-state index contributed by atoms with van der Waals surface area (Å²) in [6, 6.07) is 0. The largest absolute Gasteiger partial charge is 0.383 e. The van der Waals surface area contributed by atoms with E-state index in [0.29, 0.717) is 5.82 Å². The third-order valence-electron chi connectivity index (χ3n) is 2.21. The summed E-state index contributed by atoms with van der Waals surface area (Å²) >= 11 is 1.66. The van der Waals surface area contributed by atoms with Gasteiger partial charge in [-0.05, 0) is 10.6 Å². The molecule has 0 spiro atoms. The monoisotopic (exact) mass is 223 g/mol. The van der Waals surface area contributed by atoms with Crippen molar-refractivity contribution in [3.05, 3.63) is 11.7 Å². The van der Waals surface area contributed by atoms with Gasteiger partial charge in [-0.3, -0.25) is 0 Å². The predicted octanol–water partition coefficient (Wildman–Crippen LogP) is 1.82. The molecule has 0 aliphatic carbocycles. The molecule has 2 rings (SSSR count). The Bertz CT molecular complexity index is 472. The number of nitrogen functional groups attached to an aromatic ring is 1. The van der Waals surface area contributed by atoms with E-state index in [2.05, 4.69) is 35.0 Å². The lowest BCUT2D eigenvalue weighted by molar-refractivity contribution is 1.24. The molecule has 2 heterocycles. The summed E-state index contributed by atoms with van der Waals surface area (Å²) < 4.78 is 0. The van der Waals surface area contributed by atoms with Crippen molar-refractivity contribution in [2.75, 3.05) is 5.73 Å². The van der Waals surface area contributed by atoms with Crippen molar-refractivity contribution in [3.63, 3.8) is 0 Å². The molecule has 0 atom stereocenters. The molecule has 0 bridgehead atoms.